The van der Waals surface area contributed by atoms with Gasteiger partial charge in [0.2, 0.25) is 17.7 Å². The Kier molecular flexibility index (Phi) is 10.1. The van der Waals surface area contributed by atoms with E-state index in [1.165, 1.54) is 11.0 Å². The number of carboxylic acid groups (broad SMARTS) is 1. The third-order valence-electron chi connectivity index (χ3n) is 9.77. The van der Waals surface area contributed by atoms with Crippen molar-refractivity contribution in [1.29, 1.82) is 0 Å². The van der Waals surface area contributed by atoms with Crippen LogP contribution in [0.4, 0.5) is 4.79 Å². The lowest BCUT2D eigenvalue weighted by Crippen LogP contribution is -2.59. The summed E-state index contributed by atoms with van der Waals surface area (Å²) in [5.74, 6) is -2.43. The van der Waals surface area contributed by atoms with E-state index in [0.717, 1.165) is 30.7 Å². The number of benzene rings is 1. The van der Waals surface area contributed by atoms with Crippen molar-refractivity contribution in [2.24, 2.45) is 11.3 Å². The number of aryl methyl sites for hydroxylation is 2. The number of thiazole rings is 1. The highest BCUT2D eigenvalue weighted by Crippen LogP contribution is 2.45. The van der Waals surface area contributed by atoms with Gasteiger partial charge in [-0.1, -0.05) is 39.0 Å². The summed E-state index contributed by atoms with van der Waals surface area (Å²) < 4.78 is 12.1. The van der Waals surface area contributed by atoms with Crippen molar-refractivity contribution in [3.8, 4) is 5.88 Å². The molecule has 1 saturated heterocycles. The first kappa shape index (κ1) is 35.2. The number of nitrogens with zero attached hydrogens (tertiary/aromatic N) is 4. The number of carbonyl (C=O) groups excluding carboxylic acids is 3. The number of fused-ring (bicyclic) bond motifs is 1. The van der Waals surface area contributed by atoms with E-state index in [-0.39, 0.29) is 25.5 Å². The Balaban J connectivity index is 1.28. The summed E-state index contributed by atoms with van der Waals surface area (Å²) in [5, 5.41) is 18.4. The number of ether oxygens (including phenoxy) is 2. The van der Waals surface area contributed by atoms with E-state index < -0.39 is 58.9 Å². The average molecular weight is 705 g/mol. The summed E-state index contributed by atoms with van der Waals surface area (Å²) in [6.07, 6.45) is 6.57. The molecule has 2 aromatic heterocycles. The third kappa shape index (κ3) is 7.59. The van der Waals surface area contributed by atoms with Gasteiger partial charge in [-0.3, -0.25) is 9.59 Å². The van der Waals surface area contributed by atoms with E-state index in [1.54, 1.807) is 17.5 Å². The number of carboxylic acids is 1. The molecule has 5 atom stereocenters. The Bertz CT molecular complexity index is 1750. The molecular formula is C36H44N6O7S. The first-order chi connectivity index (χ1) is 23.9. The van der Waals surface area contributed by atoms with E-state index in [9.17, 15) is 24.3 Å². The van der Waals surface area contributed by atoms with Crippen LogP contribution in [-0.2, 0) is 32.0 Å². The predicted molar refractivity (Wildman–Crippen MR) is 186 cm³/mol. The Morgan fingerprint density at radius 3 is 2.46 bits per heavy atom. The third-order valence-corrected chi connectivity index (χ3v) is 10.6. The zero-order chi connectivity index (χ0) is 35.6. The quantitative estimate of drug-likeness (QED) is 0.229. The zero-order valence-corrected chi connectivity index (χ0v) is 29.4. The number of carbonyl (C=O) groups is 4. The van der Waals surface area contributed by atoms with Crippen molar-refractivity contribution in [2.75, 3.05) is 6.54 Å². The minimum absolute atomic E-state index is 0.00572. The second kappa shape index (κ2) is 14.3. The van der Waals surface area contributed by atoms with E-state index in [4.69, 9.17) is 19.4 Å². The largest absolute Gasteiger partial charge is 0.479 e. The van der Waals surface area contributed by atoms with Crippen LogP contribution in [-0.4, -0.2) is 85.2 Å². The fraction of sp³-hybridized carbons (Fsp3) is 0.528. The lowest BCUT2D eigenvalue weighted by molar-refractivity contribution is -0.146. The fourth-order valence-corrected chi connectivity index (χ4v) is 7.48. The second-order valence-electron chi connectivity index (χ2n) is 14.4. The predicted octanol–water partition coefficient (Wildman–Crippen LogP) is 4.45. The maximum Gasteiger partial charge on any atom is 0.408 e. The van der Waals surface area contributed by atoms with Gasteiger partial charge in [0.25, 0.3) is 0 Å². The van der Waals surface area contributed by atoms with E-state index in [0.29, 0.717) is 35.4 Å². The number of hydrogen-bond acceptors (Lipinski definition) is 10. The number of nitrogens with one attached hydrogen (secondary N) is 2. The summed E-state index contributed by atoms with van der Waals surface area (Å²) in [6, 6.07) is 5.32. The minimum atomic E-state index is -1.49. The second-order valence-corrected chi connectivity index (χ2v) is 15.4. The van der Waals surface area contributed by atoms with Crippen LogP contribution in [0.2, 0.25) is 0 Å². The van der Waals surface area contributed by atoms with Gasteiger partial charge < -0.3 is 30.1 Å². The maximum atomic E-state index is 14.4. The van der Waals surface area contributed by atoms with Crippen molar-refractivity contribution in [2.45, 2.75) is 102 Å². The van der Waals surface area contributed by atoms with E-state index in [1.807, 2.05) is 50.4 Å². The van der Waals surface area contributed by atoms with Crippen molar-refractivity contribution < 1.29 is 33.8 Å². The van der Waals surface area contributed by atoms with Crippen LogP contribution in [0.1, 0.15) is 70.0 Å². The monoisotopic (exact) mass is 704 g/mol. The molecule has 0 spiro atoms. The van der Waals surface area contributed by atoms with Crippen molar-refractivity contribution in [1.82, 2.24) is 30.5 Å². The van der Waals surface area contributed by atoms with Gasteiger partial charge in [0.05, 0.1) is 22.6 Å². The number of amides is 3. The van der Waals surface area contributed by atoms with Crippen LogP contribution in [0.5, 0.6) is 5.88 Å². The molecule has 3 N–H and O–H groups in total. The molecule has 1 aromatic carbocycles. The Labute approximate surface area is 294 Å². The molecule has 3 amide bonds. The lowest BCUT2D eigenvalue weighted by Gasteiger charge is -2.35. The highest BCUT2D eigenvalue weighted by Gasteiger charge is 2.61. The van der Waals surface area contributed by atoms with Gasteiger partial charge in [0.15, 0.2) is 0 Å². The molecule has 1 aliphatic heterocycles. The van der Waals surface area contributed by atoms with Crippen LogP contribution in [0.15, 0.2) is 48.5 Å². The van der Waals surface area contributed by atoms with Gasteiger partial charge in [-0.2, -0.15) is 0 Å². The SMILES string of the molecule is C=C[C@@H]1CC1(NC(=O)[C@@H]1C[C@@H](Oc2nc3ccccc3nc2CCc2nccs2)CN1C(=O)[C@@H](NC(=O)OC1CCCC1)C(C)(C)C)C(=O)O. The highest BCUT2D eigenvalue weighted by atomic mass is 32.1. The molecule has 266 valence electrons. The Hall–Kier alpha value is -4.59. The van der Waals surface area contributed by atoms with Gasteiger partial charge in [-0.15, -0.1) is 17.9 Å². The molecule has 3 heterocycles. The number of para-hydroxylation sites is 2. The molecule has 50 heavy (non-hydrogen) atoms. The number of hydrogen-bond donors (Lipinski definition) is 3. The molecule has 1 unspecified atom stereocenters. The fourth-order valence-electron chi connectivity index (χ4n) is 6.85. The molecule has 2 saturated carbocycles. The minimum Gasteiger partial charge on any atom is -0.479 e. The van der Waals surface area contributed by atoms with Crippen molar-refractivity contribution in [3.05, 3.63) is 59.2 Å². The van der Waals surface area contributed by atoms with Gasteiger partial charge in [-0.25, -0.2) is 24.5 Å². The van der Waals surface area contributed by atoms with Crippen LogP contribution in [0, 0.1) is 11.3 Å². The van der Waals surface area contributed by atoms with Crippen LogP contribution < -0.4 is 15.4 Å². The van der Waals surface area contributed by atoms with Crippen LogP contribution in [0.3, 0.4) is 0 Å². The topological polar surface area (TPSA) is 173 Å². The number of alkyl carbamates (subject to hydrolysis) is 1. The molecule has 3 aliphatic rings. The van der Waals surface area contributed by atoms with Crippen LogP contribution >= 0.6 is 11.3 Å². The van der Waals surface area contributed by atoms with Gasteiger partial charge in [0, 0.05) is 36.8 Å². The normalized spacial score (nSPS) is 24.1. The Morgan fingerprint density at radius 2 is 1.84 bits per heavy atom. The standard InChI is InChI=1S/C36H44N6O7S/c1-5-21-19-36(21,33(45)46)41-30(43)27-18-23(20-42(27)32(44)29(35(2,3)4)40-34(47)49-22-10-6-7-11-22)48-31-26(14-15-28-37-16-17-50-28)38-24-12-8-9-13-25(24)39-31/h5,8-9,12-13,16-17,21-23,27,29H,1,6-7,10-11,14-15,18-20H2,2-4H3,(H,40,47)(H,41,43)(H,45,46)/t21-,23-,27+,29-,36?/m1/s1. The number of likely N-dealkylation sites (tertiary alicyclic amines) is 1. The molecule has 2 aliphatic carbocycles. The molecule has 14 heteroatoms. The lowest BCUT2D eigenvalue weighted by atomic mass is 9.85. The highest BCUT2D eigenvalue weighted by molar-refractivity contribution is 7.09. The maximum absolute atomic E-state index is 14.4. The molecule has 0 radical (unpaired) electrons. The number of rotatable bonds is 12. The summed E-state index contributed by atoms with van der Waals surface area (Å²) in [7, 11) is 0. The first-order valence-corrected chi connectivity index (χ1v) is 18.0. The summed E-state index contributed by atoms with van der Waals surface area (Å²) in [5.41, 5.74) is -0.299. The van der Waals surface area contributed by atoms with Gasteiger partial charge in [0.1, 0.15) is 35.5 Å². The zero-order valence-electron chi connectivity index (χ0n) is 28.6. The molecule has 0 bridgehead atoms. The molecule has 3 fully saturated rings. The number of aliphatic carboxylic acids is 1. The van der Waals surface area contributed by atoms with Gasteiger partial charge >= 0.3 is 12.1 Å². The van der Waals surface area contributed by atoms with Crippen LogP contribution in [0.25, 0.3) is 11.0 Å². The smallest absolute Gasteiger partial charge is 0.408 e. The van der Waals surface area contributed by atoms with E-state index >= 15 is 0 Å². The summed E-state index contributed by atoms with van der Waals surface area (Å²) >= 11 is 1.55. The van der Waals surface area contributed by atoms with Crippen molar-refractivity contribution >= 4 is 46.2 Å². The first-order valence-electron chi connectivity index (χ1n) is 17.1. The molecule has 6 rings (SSSR count). The average Bonchev–Trinajstić information content (AvgIpc) is 3.54. The van der Waals surface area contributed by atoms with Crippen molar-refractivity contribution in [3.63, 3.8) is 0 Å². The molecule has 13 nitrogen and oxygen atoms in total. The molecular weight excluding hydrogens is 660 g/mol. The molecule has 3 aromatic rings. The number of aromatic nitrogens is 3. The summed E-state index contributed by atoms with van der Waals surface area (Å²) in [6.45, 7) is 9.17. The van der Waals surface area contributed by atoms with E-state index in [2.05, 4.69) is 22.2 Å². The Morgan fingerprint density at radius 1 is 1.12 bits per heavy atom. The van der Waals surface area contributed by atoms with Gasteiger partial charge in [-0.05, 0) is 49.7 Å². The summed E-state index contributed by atoms with van der Waals surface area (Å²) in [4.78, 5) is 69.1.